The number of quaternary nitrogens is 3. The summed E-state index contributed by atoms with van der Waals surface area (Å²) >= 11 is -1.81. The second kappa shape index (κ2) is 8.63. The zero-order valence-corrected chi connectivity index (χ0v) is 19.2. The SMILES string of the molecule is C=I[N+](N)(N)OC(CC)(CC)[N+](N)(N)OC(C)(CC)[N+](N)(N)I=C. The first-order valence-electron chi connectivity index (χ1n) is 7.32. The van der Waals surface area contributed by atoms with E-state index < -0.39 is 64.3 Å². The average molecular weight is 578 g/mol. The lowest BCUT2D eigenvalue weighted by Gasteiger charge is -2.46. The molecule has 0 aromatic carbocycles. The molecule has 0 bridgehead atoms. The van der Waals surface area contributed by atoms with Crippen LogP contribution in [0.2, 0.25) is 0 Å². The summed E-state index contributed by atoms with van der Waals surface area (Å²) in [5, 5.41) is 0. The monoisotopic (exact) mass is 578 g/mol. The predicted molar refractivity (Wildman–Crippen MR) is 112 cm³/mol. The van der Waals surface area contributed by atoms with Crippen LogP contribution in [0.3, 0.4) is 0 Å². The van der Waals surface area contributed by atoms with Crippen LogP contribution in [0.4, 0.5) is 0 Å². The van der Waals surface area contributed by atoms with Gasteiger partial charge < -0.3 is 0 Å². The molecule has 0 aromatic rings. The summed E-state index contributed by atoms with van der Waals surface area (Å²) in [6.45, 7) is 7.32. The molecule has 0 fully saturated rings. The third-order valence-electron chi connectivity index (χ3n) is 4.16. The van der Waals surface area contributed by atoms with E-state index >= 15 is 0 Å². The molecule has 24 heavy (non-hydrogen) atoms. The van der Waals surface area contributed by atoms with E-state index in [-0.39, 0.29) is 0 Å². The number of hydroxylamine groups is 1. The molecule has 0 rings (SSSR count). The first kappa shape index (κ1) is 24.8. The molecule has 1 atom stereocenters. The summed E-state index contributed by atoms with van der Waals surface area (Å²) in [6.07, 6.45) is 1.24. The van der Waals surface area contributed by atoms with Gasteiger partial charge in [-0.25, -0.2) is 0 Å². The van der Waals surface area contributed by atoms with Crippen LogP contribution in [0.15, 0.2) is 0 Å². The minimum absolute atomic E-state index is 0.392. The van der Waals surface area contributed by atoms with Crippen LogP contribution in [0, 0.1) is 0 Å². The van der Waals surface area contributed by atoms with Gasteiger partial charge in [-0.05, 0) is 9.03 Å². The first-order valence-corrected chi connectivity index (χ1v) is 12.3. The highest BCUT2D eigenvalue weighted by atomic mass is 127. The van der Waals surface area contributed by atoms with Crippen molar-refractivity contribution in [1.29, 1.82) is 0 Å². The van der Waals surface area contributed by atoms with Gasteiger partial charge >= 0.3 is 5.72 Å². The minimum atomic E-state index is -1.21. The van der Waals surface area contributed by atoms with Crippen LogP contribution in [0.1, 0.15) is 47.0 Å². The Bertz CT molecular complexity index is 457. The van der Waals surface area contributed by atoms with Crippen LogP contribution < -0.4 is 35.1 Å². The van der Waals surface area contributed by atoms with Gasteiger partial charge in [0.2, 0.25) is 21.0 Å². The van der Waals surface area contributed by atoms with Crippen molar-refractivity contribution in [3.63, 3.8) is 0 Å². The van der Waals surface area contributed by atoms with E-state index in [0.717, 1.165) is 0 Å². The van der Waals surface area contributed by atoms with Crippen molar-refractivity contribution in [2.24, 2.45) is 35.1 Å². The highest BCUT2D eigenvalue weighted by Gasteiger charge is 2.61. The molecular formula is C11H34I2N9O2+3. The van der Waals surface area contributed by atoms with Gasteiger partial charge in [-0.1, -0.05) is 33.4 Å². The second-order valence-corrected chi connectivity index (χ2v) is 10.1. The molecule has 0 spiro atoms. The van der Waals surface area contributed by atoms with Gasteiger partial charge in [-0.15, -0.1) is 23.4 Å². The van der Waals surface area contributed by atoms with E-state index in [1.165, 1.54) is 0 Å². The Morgan fingerprint density at radius 2 is 1.29 bits per heavy atom. The highest BCUT2D eigenvalue weighted by molar-refractivity contribution is 14.1. The topological polar surface area (TPSA) is 175 Å². The third-order valence-corrected chi connectivity index (χ3v) is 7.58. The van der Waals surface area contributed by atoms with E-state index in [1.807, 2.05) is 20.8 Å². The van der Waals surface area contributed by atoms with Crippen molar-refractivity contribution in [3.05, 3.63) is 0 Å². The Balaban J connectivity index is 5.94. The molecule has 13 heteroatoms. The second-order valence-electron chi connectivity index (χ2n) is 5.62. The summed E-state index contributed by atoms with van der Waals surface area (Å²) in [5.74, 6) is 36.7. The van der Waals surface area contributed by atoms with Gasteiger partial charge in [-0.3, -0.25) is 0 Å². The maximum Gasteiger partial charge on any atom is 0.324 e. The number of rotatable bonds is 11. The van der Waals surface area contributed by atoms with E-state index in [4.69, 9.17) is 44.7 Å². The summed E-state index contributed by atoms with van der Waals surface area (Å²) < 4.78 is 6.52. The molecule has 0 radical (unpaired) electrons. The van der Waals surface area contributed by atoms with E-state index in [2.05, 4.69) is 9.03 Å². The Kier molecular flexibility index (Phi) is 8.91. The quantitative estimate of drug-likeness (QED) is 0.0489. The molecule has 0 aliphatic carbocycles. The van der Waals surface area contributed by atoms with Crippen molar-refractivity contribution >= 4 is 51.0 Å². The standard InChI is InChI=1S/C11H34I2N9O2/c1-7-10(4,20(14,15)12-5)23-21(16,17)11(8-2,9-3)24-22(18,19)13-6/h5-9,14-19H2,1-4H3/q+3. The van der Waals surface area contributed by atoms with Crippen molar-refractivity contribution in [2.45, 2.75) is 58.4 Å². The molecule has 0 heterocycles. The molecule has 0 aliphatic rings. The lowest BCUT2D eigenvalue weighted by atomic mass is 10.1. The summed E-state index contributed by atoms with van der Waals surface area (Å²) in [6, 6.07) is 0. The van der Waals surface area contributed by atoms with Crippen LogP contribution in [0.5, 0.6) is 0 Å². The van der Waals surface area contributed by atoms with E-state index in [9.17, 15) is 0 Å². The van der Waals surface area contributed by atoms with Crippen LogP contribution >= 0.6 is 42.0 Å². The highest BCUT2D eigenvalue weighted by Crippen LogP contribution is 2.37. The molecule has 0 saturated heterocycles. The lowest BCUT2D eigenvalue weighted by molar-refractivity contribution is -1.24. The average Bonchev–Trinajstić information content (AvgIpc) is 2.51. The summed E-state index contributed by atoms with van der Waals surface area (Å²) in [7, 11) is 0. The Hall–Kier alpha value is 0.760. The van der Waals surface area contributed by atoms with Gasteiger partial charge in [0.15, 0.2) is 21.0 Å². The molecule has 0 amide bonds. The summed E-state index contributed by atoms with van der Waals surface area (Å²) in [4.78, 5) is 10.9. The van der Waals surface area contributed by atoms with Gasteiger partial charge in [0.1, 0.15) is 0 Å². The maximum absolute atomic E-state index is 6.30. The maximum atomic E-state index is 6.30. The fraction of sp³-hybridized carbons (Fsp3) is 0.818. The number of hydrogen-bond acceptors (Lipinski definition) is 8. The van der Waals surface area contributed by atoms with Crippen molar-refractivity contribution in [1.82, 2.24) is 0 Å². The molecule has 1 unspecified atom stereocenters. The fourth-order valence-electron chi connectivity index (χ4n) is 2.13. The molecule has 12 N–H and O–H groups in total. The van der Waals surface area contributed by atoms with Crippen LogP contribution in [-0.4, -0.2) is 31.3 Å². The van der Waals surface area contributed by atoms with Crippen LogP contribution in [0.25, 0.3) is 0 Å². The number of halogens is 2. The number of hydrogen-bond donors (Lipinski definition) is 6. The Morgan fingerprint density at radius 3 is 1.58 bits per heavy atom. The molecule has 146 valence electrons. The predicted octanol–water partition coefficient (Wildman–Crippen LogP) is -0.180. The largest absolute Gasteiger partial charge is 0.324 e. The molecule has 0 aromatic heterocycles. The van der Waals surface area contributed by atoms with Gasteiger partial charge in [-0.2, -0.15) is 11.7 Å². The minimum Gasteiger partial charge on any atom is -0.151 e. The van der Waals surface area contributed by atoms with Crippen molar-refractivity contribution in [2.75, 3.05) is 0 Å². The normalized spacial score (nSPS) is 16.9. The van der Waals surface area contributed by atoms with Gasteiger partial charge in [0.25, 0.3) is 5.72 Å². The Labute approximate surface area is 164 Å². The molecule has 0 saturated carbocycles. The Morgan fingerprint density at radius 1 is 0.833 bits per heavy atom. The molecular weight excluding hydrogens is 544 g/mol. The number of nitrogens with two attached hydrogens (primary N) is 6. The smallest absolute Gasteiger partial charge is 0.151 e. The zero-order chi connectivity index (χ0) is 19.4. The zero-order valence-electron chi connectivity index (χ0n) is 14.9. The fourth-order valence-corrected chi connectivity index (χ4v) is 3.78. The van der Waals surface area contributed by atoms with E-state index in [0.29, 0.717) is 19.3 Å². The molecule has 0 aliphatic heterocycles. The van der Waals surface area contributed by atoms with Gasteiger partial charge in [0, 0.05) is 34.1 Å². The third kappa shape index (κ3) is 5.15. The summed E-state index contributed by atoms with van der Waals surface area (Å²) in [5.41, 5.74) is -2.29. The van der Waals surface area contributed by atoms with Crippen LogP contribution in [-0.2, 0) is 9.68 Å². The molecule has 11 nitrogen and oxygen atoms in total. The van der Waals surface area contributed by atoms with Gasteiger partial charge in [0.05, 0.1) is 0 Å². The van der Waals surface area contributed by atoms with E-state index in [1.54, 1.807) is 6.92 Å². The van der Waals surface area contributed by atoms with Crippen molar-refractivity contribution in [3.8, 4) is 0 Å². The number of nitrogens with zero attached hydrogens (tertiary/aromatic N) is 3. The first-order chi connectivity index (χ1) is 10.7. The lowest BCUT2D eigenvalue weighted by Crippen LogP contribution is -2.81. The van der Waals surface area contributed by atoms with Crippen molar-refractivity contribution < 1.29 is 20.5 Å².